The van der Waals surface area contributed by atoms with E-state index in [0.29, 0.717) is 29.2 Å². The number of hydrogen-bond acceptors (Lipinski definition) is 5. The second-order valence-electron chi connectivity index (χ2n) is 6.05. The molecule has 1 saturated carbocycles. The van der Waals surface area contributed by atoms with Gasteiger partial charge in [-0.15, -0.1) is 0 Å². The zero-order valence-corrected chi connectivity index (χ0v) is 15.1. The first-order chi connectivity index (χ1) is 12.0. The summed E-state index contributed by atoms with van der Waals surface area (Å²) in [6, 6.07) is 5.07. The van der Waals surface area contributed by atoms with Crippen LogP contribution < -0.4 is 5.32 Å². The Labute approximate surface area is 151 Å². The summed E-state index contributed by atoms with van der Waals surface area (Å²) in [4.78, 5) is 16.1. The van der Waals surface area contributed by atoms with Crippen molar-refractivity contribution in [2.45, 2.75) is 37.4 Å². The molecule has 2 aromatic rings. The van der Waals surface area contributed by atoms with Gasteiger partial charge in [-0.25, -0.2) is 18.1 Å². The molecule has 0 radical (unpaired) electrons. The van der Waals surface area contributed by atoms with Gasteiger partial charge in [0.25, 0.3) is 0 Å². The van der Waals surface area contributed by atoms with Crippen molar-refractivity contribution in [3.8, 4) is 5.69 Å². The Hall–Kier alpha value is -1.93. The lowest BCUT2D eigenvalue weighted by atomic mass is 10.2. The summed E-state index contributed by atoms with van der Waals surface area (Å²) in [7, 11) is -3.22. The molecule has 1 aromatic heterocycles. The monoisotopic (exact) mass is 382 g/mol. The Morgan fingerprint density at radius 1 is 1.32 bits per heavy atom. The molecule has 134 valence electrons. The molecule has 0 saturated heterocycles. The highest BCUT2D eigenvalue weighted by Crippen LogP contribution is 2.28. The molecular formula is C16H19ClN4O3S. The summed E-state index contributed by atoms with van der Waals surface area (Å²) in [6.45, 7) is 0. The van der Waals surface area contributed by atoms with Crippen molar-refractivity contribution in [1.29, 1.82) is 0 Å². The lowest BCUT2D eigenvalue weighted by molar-refractivity contribution is -0.115. The molecule has 3 rings (SSSR count). The number of aromatic nitrogens is 3. The number of amides is 1. The van der Waals surface area contributed by atoms with Gasteiger partial charge >= 0.3 is 0 Å². The van der Waals surface area contributed by atoms with E-state index in [1.54, 1.807) is 18.2 Å². The fraction of sp³-hybridized carbons (Fsp3) is 0.438. The van der Waals surface area contributed by atoms with Crippen molar-refractivity contribution in [3.05, 3.63) is 35.9 Å². The number of halogens is 1. The van der Waals surface area contributed by atoms with Crippen LogP contribution in [0.15, 0.2) is 30.9 Å². The molecule has 1 N–H and O–H groups in total. The summed E-state index contributed by atoms with van der Waals surface area (Å²) in [6.07, 6.45) is 6.05. The third-order valence-electron chi connectivity index (χ3n) is 4.33. The molecule has 7 nitrogen and oxygen atoms in total. The van der Waals surface area contributed by atoms with Gasteiger partial charge in [0.05, 0.1) is 21.7 Å². The third-order valence-corrected chi connectivity index (χ3v) is 6.90. The van der Waals surface area contributed by atoms with Crippen LogP contribution in [0.5, 0.6) is 0 Å². The molecule has 0 unspecified atom stereocenters. The van der Waals surface area contributed by atoms with Gasteiger partial charge < -0.3 is 5.32 Å². The Morgan fingerprint density at radius 3 is 2.76 bits per heavy atom. The van der Waals surface area contributed by atoms with Crippen LogP contribution in [0.1, 0.15) is 32.1 Å². The zero-order valence-electron chi connectivity index (χ0n) is 13.6. The fourth-order valence-corrected chi connectivity index (χ4v) is 5.15. The number of benzene rings is 1. The topological polar surface area (TPSA) is 94.0 Å². The molecular weight excluding hydrogens is 364 g/mol. The van der Waals surface area contributed by atoms with Crippen LogP contribution >= 0.6 is 11.6 Å². The normalized spacial score (nSPS) is 15.4. The molecule has 9 heteroatoms. The number of nitrogens with one attached hydrogen (secondary N) is 1. The van der Waals surface area contributed by atoms with E-state index in [9.17, 15) is 13.2 Å². The van der Waals surface area contributed by atoms with Crippen LogP contribution in [0.25, 0.3) is 5.69 Å². The molecule has 25 heavy (non-hydrogen) atoms. The predicted molar refractivity (Wildman–Crippen MR) is 95.7 cm³/mol. The largest absolute Gasteiger partial charge is 0.324 e. The van der Waals surface area contributed by atoms with Crippen molar-refractivity contribution in [2.24, 2.45) is 0 Å². The minimum Gasteiger partial charge on any atom is -0.324 e. The average molecular weight is 383 g/mol. The van der Waals surface area contributed by atoms with Gasteiger partial charge in [-0.1, -0.05) is 30.5 Å². The molecule has 1 fully saturated rings. The summed E-state index contributed by atoms with van der Waals surface area (Å²) in [5.74, 6) is -0.506. The Kier molecular flexibility index (Phi) is 5.39. The number of rotatable bonds is 6. The second kappa shape index (κ2) is 7.53. The van der Waals surface area contributed by atoms with E-state index >= 15 is 0 Å². The Bertz CT molecular complexity index is 846. The number of carbonyl (C=O) groups excluding carboxylic acids is 1. The number of nitrogens with zero attached hydrogens (tertiary/aromatic N) is 3. The van der Waals surface area contributed by atoms with E-state index in [4.69, 9.17) is 11.6 Å². The molecule has 0 atom stereocenters. The van der Waals surface area contributed by atoms with Crippen LogP contribution in [-0.2, 0) is 14.6 Å². The number of carbonyl (C=O) groups is 1. The van der Waals surface area contributed by atoms with Crippen molar-refractivity contribution in [1.82, 2.24) is 14.8 Å². The van der Waals surface area contributed by atoms with Crippen LogP contribution in [0, 0.1) is 0 Å². The molecule has 1 aliphatic carbocycles. The standard InChI is InChI=1S/C16H19ClN4O3S/c17-13-6-3-7-14(16(13)21-11-18-10-19-21)20-15(22)8-9-25(23,24)12-4-1-2-5-12/h3,6-7,10-12H,1-2,4-5,8-9H2,(H,20,22). The molecule has 1 aromatic carbocycles. The Morgan fingerprint density at radius 2 is 2.08 bits per heavy atom. The first kappa shape index (κ1) is 17.9. The second-order valence-corrected chi connectivity index (χ2v) is 8.86. The summed E-state index contributed by atoms with van der Waals surface area (Å²) < 4.78 is 26.0. The molecule has 1 amide bonds. The molecule has 1 aliphatic rings. The first-order valence-corrected chi connectivity index (χ1v) is 10.2. The van der Waals surface area contributed by atoms with Gasteiger partial charge in [0, 0.05) is 6.42 Å². The SMILES string of the molecule is O=C(CCS(=O)(=O)C1CCCC1)Nc1cccc(Cl)c1-n1cncn1. The molecule has 0 spiro atoms. The van der Waals surface area contributed by atoms with Gasteiger partial charge in [0.2, 0.25) is 5.91 Å². The van der Waals surface area contributed by atoms with E-state index in [1.165, 1.54) is 17.3 Å². The maximum Gasteiger partial charge on any atom is 0.225 e. The van der Waals surface area contributed by atoms with Crippen molar-refractivity contribution in [2.75, 3.05) is 11.1 Å². The number of hydrogen-bond donors (Lipinski definition) is 1. The van der Waals surface area contributed by atoms with Gasteiger partial charge in [0.15, 0.2) is 9.84 Å². The molecule has 0 aliphatic heterocycles. The van der Waals surface area contributed by atoms with Crippen LogP contribution in [0.2, 0.25) is 5.02 Å². The van der Waals surface area contributed by atoms with Gasteiger partial charge in [-0.3, -0.25) is 4.79 Å². The lowest BCUT2D eigenvalue weighted by Crippen LogP contribution is -2.24. The zero-order chi connectivity index (χ0) is 17.9. The highest BCUT2D eigenvalue weighted by molar-refractivity contribution is 7.92. The highest BCUT2D eigenvalue weighted by atomic mass is 35.5. The smallest absolute Gasteiger partial charge is 0.225 e. The highest BCUT2D eigenvalue weighted by Gasteiger charge is 2.29. The van der Waals surface area contributed by atoms with Gasteiger partial charge in [0.1, 0.15) is 18.3 Å². The number of para-hydroxylation sites is 1. The quantitative estimate of drug-likeness (QED) is 0.828. The van der Waals surface area contributed by atoms with E-state index in [0.717, 1.165) is 12.8 Å². The summed E-state index contributed by atoms with van der Waals surface area (Å²) in [5, 5.41) is 6.86. The third kappa shape index (κ3) is 4.19. The molecule has 0 bridgehead atoms. The summed E-state index contributed by atoms with van der Waals surface area (Å²) in [5.41, 5.74) is 0.954. The van der Waals surface area contributed by atoms with E-state index in [-0.39, 0.29) is 23.3 Å². The fourth-order valence-electron chi connectivity index (χ4n) is 3.03. The van der Waals surface area contributed by atoms with E-state index < -0.39 is 9.84 Å². The molecule has 1 heterocycles. The number of sulfone groups is 1. The van der Waals surface area contributed by atoms with Gasteiger partial charge in [-0.05, 0) is 25.0 Å². The maximum atomic E-state index is 12.3. The predicted octanol–water partition coefficient (Wildman–Crippen LogP) is 2.61. The minimum absolute atomic E-state index is 0.0812. The minimum atomic E-state index is -3.22. The van der Waals surface area contributed by atoms with Crippen molar-refractivity contribution >= 4 is 33.0 Å². The van der Waals surface area contributed by atoms with Crippen LogP contribution in [0.3, 0.4) is 0 Å². The summed E-state index contributed by atoms with van der Waals surface area (Å²) >= 11 is 6.20. The van der Waals surface area contributed by atoms with E-state index in [1.807, 2.05) is 0 Å². The van der Waals surface area contributed by atoms with E-state index in [2.05, 4.69) is 15.4 Å². The van der Waals surface area contributed by atoms with Crippen molar-refractivity contribution < 1.29 is 13.2 Å². The first-order valence-electron chi connectivity index (χ1n) is 8.12. The van der Waals surface area contributed by atoms with Crippen molar-refractivity contribution in [3.63, 3.8) is 0 Å². The van der Waals surface area contributed by atoms with Crippen LogP contribution in [0.4, 0.5) is 5.69 Å². The number of anilines is 1. The lowest BCUT2D eigenvalue weighted by Gasteiger charge is -2.13. The Balaban J connectivity index is 1.69. The van der Waals surface area contributed by atoms with Crippen LogP contribution in [-0.4, -0.2) is 40.1 Å². The maximum absolute atomic E-state index is 12.3. The van der Waals surface area contributed by atoms with Gasteiger partial charge in [-0.2, -0.15) is 5.10 Å². The average Bonchev–Trinajstić information content (AvgIpc) is 3.27.